The number of halogens is 1. The molecule has 0 aliphatic carbocycles. The minimum Gasteiger partial charge on any atom is -0.496 e. The quantitative estimate of drug-likeness (QED) is 0.409. The van der Waals surface area contributed by atoms with E-state index < -0.39 is 5.82 Å². The van der Waals surface area contributed by atoms with Crippen LogP contribution >= 0.6 is 11.8 Å². The number of nitrogens with zero attached hydrogens (tertiary/aromatic N) is 4. The number of ketones is 1. The molecule has 1 saturated heterocycles. The van der Waals surface area contributed by atoms with Crippen LogP contribution in [0.4, 0.5) is 10.3 Å². The molecule has 1 fully saturated rings. The summed E-state index contributed by atoms with van der Waals surface area (Å²) in [6.45, 7) is 4.71. The molecule has 4 rings (SSSR count). The fourth-order valence-corrected chi connectivity index (χ4v) is 4.25. The summed E-state index contributed by atoms with van der Waals surface area (Å²) in [5, 5.41) is 9.36. The maximum atomic E-state index is 13.7. The van der Waals surface area contributed by atoms with E-state index in [-0.39, 0.29) is 17.1 Å². The van der Waals surface area contributed by atoms with E-state index in [2.05, 4.69) is 21.2 Å². The Kier molecular flexibility index (Phi) is 6.53. The van der Waals surface area contributed by atoms with Crippen LogP contribution in [0.25, 0.3) is 5.69 Å². The number of aryl methyl sites for hydroxylation is 1. The average molecular weight is 443 g/mol. The number of benzene rings is 2. The largest absolute Gasteiger partial charge is 0.496 e. The second-order valence-corrected chi connectivity index (χ2v) is 8.06. The Morgan fingerprint density at radius 1 is 1.19 bits per heavy atom. The lowest BCUT2D eigenvalue weighted by Crippen LogP contribution is -2.37. The number of rotatable bonds is 7. The van der Waals surface area contributed by atoms with Gasteiger partial charge in [-0.3, -0.25) is 9.36 Å². The van der Waals surface area contributed by atoms with Crippen LogP contribution in [-0.2, 0) is 4.74 Å². The van der Waals surface area contributed by atoms with E-state index in [0.717, 1.165) is 11.3 Å². The summed E-state index contributed by atoms with van der Waals surface area (Å²) in [6.07, 6.45) is 0. The SMILES string of the molecule is COc1ccc(F)cc1C(=O)CSc1nnc(N2CCOCC2)n1-c1cccc(C)c1. The molecule has 1 aliphatic heterocycles. The first kappa shape index (κ1) is 21.3. The van der Waals surface area contributed by atoms with Gasteiger partial charge in [-0.05, 0) is 42.8 Å². The molecule has 31 heavy (non-hydrogen) atoms. The van der Waals surface area contributed by atoms with Gasteiger partial charge in [-0.25, -0.2) is 4.39 Å². The second kappa shape index (κ2) is 9.49. The molecule has 0 unspecified atom stereocenters. The number of hydrogen-bond donors (Lipinski definition) is 0. The zero-order valence-electron chi connectivity index (χ0n) is 17.4. The molecular formula is C22H23FN4O3S. The van der Waals surface area contributed by atoms with Crippen molar-refractivity contribution in [3.63, 3.8) is 0 Å². The molecule has 0 spiro atoms. The number of thioether (sulfide) groups is 1. The van der Waals surface area contributed by atoms with E-state index >= 15 is 0 Å². The van der Waals surface area contributed by atoms with Crippen molar-refractivity contribution in [2.24, 2.45) is 0 Å². The summed E-state index contributed by atoms with van der Waals surface area (Å²) in [4.78, 5) is 14.9. The van der Waals surface area contributed by atoms with Gasteiger partial charge in [-0.2, -0.15) is 0 Å². The first-order valence-electron chi connectivity index (χ1n) is 9.91. The molecule has 0 N–H and O–H groups in total. The highest BCUT2D eigenvalue weighted by Crippen LogP contribution is 2.29. The second-order valence-electron chi connectivity index (χ2n) is 7.11. The van der Waals surface area contributed by atoms with E-state index in [0.29, 0.717) is 43.2 Å². The Balaban J connectivity index is 1.63. The van der Waals surface area contributed by atoms with E-state index in [4.69, 9.17) is 9.47 Å². The van der Waals surface area contributed by atoms with Crippen LogP contribution in [0.15, 0.2) is 47.6 Å². The van der Waals surface area contributed by atoms with Crippen molar-refractivity contribution in [1.29, 1.82) is 0 Å². The van der Waals surface area contributed by atoms with E-state index in [9.17, 15) is 9.18 Å². The van der Waals surface area contributed by atoms with Gasteiger partial charge in [0.05, 0.1) is 37.3 Å². The Labute approximate surface area is 184 Å². The Bertz CT molecular complexity index is 1080. The molecule has 0 amide bonds. The molecule has 2 aromatic carbocycles. The molecule has 1 aromatic heterocycles. The van der Waals surface area contributed by atoms with Crippen LogP contribution < -0.4 is 9.64 Å². The number of methoxy groups -OCH3 is 1. The third kappa shape index (κ3) is 4.72. The Morgan fingerprint density at radius 2 is 2.00 bits per heavy atom. The molecule has 3 aromatic rings. The van der Waals surface area contributed by atoms with Crippen molar-refractivity contribution >= 4 is 23.5 Å². The lowest BCUT2D eigenvalue weighted by atomic mass is 10.1. The maximum absolute atomic E-state index is 13.7. The summed E-state index contributed by atoms with van der Waals surface area (Å²) >= 11 is 1.26. The molecule has 162 valence electrons. The monoisotopic (exact) mass is 442 g/mol. The minimum atomic E-state index is -0.480. The van der Waals surface area contributed by atoms with Crippen molar-refractivity contribution < 1.29 is 18.7 Å². The van der Waals surface area contributed by atoms with Gasteiger partial charge in [-0.1, -0.05) is 23.9 Å². The van der Waals surface area contributed by atoms with Gasteiger partial charge in [0.1, 0.15) is 11.6 Å². The van der Waals surface area contributed by atoms with Crippen LogP contribution in [0, 0.1) is 12.7 Å². The summed E-state index contributed by atoms with van der Waals surface area (Å²) in [5.41, 5.74) is 2.24. The molecule has 0 bridgehead atoms. The highest BCUT2D eigenvalue weighted by atomic mass is 32.2. The molecule has 7 nitrogen and oxygen atoms in total. The van der Waals surface area contributed by atoms with Crippen molar-refractivity contribution in [3.05, 3.63) is 59.4 Å². The normalized spacial score (nSPS) is 14.0. The molecule has 1 aliphatic rings. The Hall–Kier alpha value is -2.91. The number of hydrogen-bond acceptors (Lipinski definition) is 7. The van der Waals surface area contributed by atoms with Crippen LogP contribution in [0.1, 0.15) is 15.9 Å². The van der Waals surface area contributed by atoms with Gasteiger partial charge in [0.15, 0.2) is 10.9 Å². The smallest absolute Gasteiger partial charge is 0.232 e. The van der Waals surface area contributed by atoms with Gasteiger partial charge < -0.3 is 14.4 Å². The predicted octanol–water partition coefficient (Wildman–Crippen LogP) is 3.54. The standard InChI is InChI=1S/C22H23FN4O3S/c1-15-4-3-5-17(12-15)27-21(26-8-10-30-11-9-26)24-25-22(27)31-14-19(28)18-13-16(23)6-7-20(18)29-2/h3-7,12-13H,8-11,14H2,1-2H3. The Morgan fingerprint density at radius 3 is 2.74 bits per heavy atom. The van der Waals surface area contributed by atoms with Crippen LogP contribution in [-0.4, -0.2) is 59.7 Å². The number of aromatic nitrogens is 3. The van der Waals surface area contributed by atoms with Crippen molar-refractivity contribution in [2.45, 2.75) is 12.1 Å². The molecule has 0 radical (unpaired) electrons. The zero-order chi connectivity index (χ0) is 21.8. The number of Topliss-reactive ketones (excluding diaryl/α,β-unsaturated/α-hetero) is 1. The van der Waals surface area contributed by atoms with Crippen molar-refractivity contribution in [1.82, 2.24) is 14.8 Å². The highest BCUT2D eigenvalue weighted by Gasteiger charge is 2.23. The zero-order valence-corrected chi connectivity index (χ0v) is 18.2. The van der Waals surface area contributed by atoms with Crippen LogP contribution in [0.5, 0.6) is 5.75 Å². The van der Waals surface area contributed by atoms with Gasteiger partial charge in [0, 0.05) is 13.1 Å². The summed E-state index contributed by atoms with van der Waals surface area (Å²) in [5.74, 6) is 0.417. The molecule has 9 heteroatoms. The van der Waals surface area contributed by atoms with E-state index in [1.54, 1.807) is 0 Å². The fourth-order valence-electron chi connectivity index (χ4n) is 3.42. The van der Waals surface area contributed by atoms with E-state index in [1.807, 2.05) is 29.7 Å². The number of carbonyl (C=O) groups excluding carboxylic acids is 1. The summed E-state index contributed by atoms with van der Waals surface area (Å²) < 4.78 is 26.3. The predicted molar refractivity (Wildman–Crippen MR) is 117 cm³/mol. The highest BCUT2D eigenvalue weighted by molar-refractivity contribution is 7.99. The lowest BCUT2D eigenvalue weighted by Gasteiger charge is -2.28. The molecule has 0 saturated carbocycles. The number of anilines is 1. The van der Waals surface area contributed by atoms with Crippen molar-refractivity contribution in [2.75, 3.05) is 44.1 Å². The molecule has 0 atom stereocenters. The topological polar surface area (TPSA) is 69.5 Å². The maximum Gasteiger partial charge on any atom is 0.232 e. The van der Waals surface area contributed by atoms with Crippen LogP contribution in [0.3, 0.4) is 0 Å². The van der Waals surface area contributed by atoms with Gasteiger partial charge in [-0.15, -0.1) is 10.2 Å². The molecule has 2 heterocycles. The first-order valence-corrected chi connectivity index (χ1v) is 10.9. The number of ether oxygens (including phenoxy) is 2. The third-order valence-corrected chi connectivity index (χ3v) is 5.89. The average Bonchev–Trinajstić information content (AvgIpc) is 3.22. The molecular weight excluding hydrogens is 419 g/mol. The summed E-state index contributed by atoms with van der Waals surface area (Å²) in [7, 11) is 1.46. The minimum absolute atomic E-state index is 0.0763. The van der Waals surface area contributed by atoms with Crippen LogP contribution in [0.2, 0.25) is 0 Å². The fraction of sp³-hybridized carbons (Fsp3) is 0.318. The third-order valence-electron chi connectivity index (χ3n) is 4.96. The van der Waals surface area contributed by atoms with E-state index in [1.165, 1.54) is 37.1 Å². The van der Waals surface area contributed by atoms with Gasteiger partial charge >= 0.3 is 0 Å². The van der Waals surface area contributed by atoms with Gasteiger partial charge in [0.25, 0.3) is 0 Å². The number of carbonyl (C=O) groups is 1. The van der Waals surface area contributed by atoms with Crippen molar-refractivity contribution in [3.8, 4) is 11.4 Å². The number of morpholine rings is 1. The van der Waals surface area contributed by atoms with Gasteiger partial charge in [0.2, 0.25) is 5.95 Å². The first-order chi connectivity index (χ1) is 15.1. The lowest BCUT2D eigenvalue weighted by molar-refractivity contribution is 0.101. The summed E-state index contributed by atoms with van der Waals surface area (Å²) in [6, 6.07) is 12.0.